The van der Waals surface area contributed by atoms with Gasteiger partial charge in [-0.3, -0.25) is 9.69 Å². The maximum atomic E-state index is 12.3. The minimum Gasteiger partial charge on any atom is -0.481 e. The van der Waals surface area contributed by atoms with Gasteiger partial charge in [0.25, 0.3) is 0 Å². The largest absolute Gasteiger partial charge is 0.481 e. The average Bonchev–Trinajstić information content (AvgIpc) is 3.12. The standard InChI is InChI=1S/C15H14N2O3S/c18-14(19)12-8-17(13-4-2-1-3-11(12)13)15(20)16-7-10-5-6-21-9-10/h1-6,9,12H,7-8H2,(H,16,20)(H,18,19). The normalized spacial score (nSPS) is 16.6. The first-order chi connectivity index (χ1) is 10.2. The van der Waals surface area contributed by atoms with E-state index in [0.29, 0.717) is 17.8 Å². The zero-order chi connectivity index (χ0) is 14.8. The molecule has 6 heteroatoms. The number of carbonyl (C=O) groups excluding carboxylic acids is 1. The van der Waals surface area contributed by atoms with E-state index in [1.165, 1.54) is 4.90 Å². The number of anilines is 1. The molecule has 3 rings (SSSR count). The van der Waals surface area contributed by atoms with Crippen molar-refractivity contribution in [2.24, 2.45) is 0 Å². The molecule has 1 unspecified atom stereocenters. The number of thiophene rings is 1. The van der Waals surface area contributed by atoms with Crippen LogP contribution in [0.25, 0.3) is 0 Å². The Morgan fingerprint density at radius 1 is 1.33 bits per heavy atom. The van der Waals surface area contributed by atoms with E-state index in [0.717, 1.165) is 5.56 Å². The molecule has 108 valence electrons. The van der Waals surface area contributed by atoms with E-state index in [-0.39, 0.29) is 12.6 Å². The summed E-state index contributed by atoms with van der Waals surface area (Å²) in [7, 11) is 0. The number of carboxylic acids is 1. The molecule has 2 amide bonds. The highest BCUT2D eigenvalue weighted by Gasteiger charge is 2.36. The molecule has 0 radical (unpaired) electrons. The second-order valence-corrected chi connectivity index (χ2v) is 5.63. The lowest BCUT2D eigenvalue weighted by molar-refractivity contribution is -0.138. The predicted molar refractivity (Wildman–Crippen MR) is 80.7 cm³/mol. The zero-order valence-corrected chi connectivity index (χ0v) is 12.0. The van der Waals surface area contributed by atoms with Gasteiger partial charge in [0.1, 0.15) is 5.92 Å². The lowest BCUT2D eigenvalue weighted by atomic mass is 10.0. The molecule has 1 aliphatic heterocycles. The molecule has 1 aromatic carbocycles. The fraction of sp³-hybridized carbons (Fsp3) is 0.200. The van der Waals surface area contributed by atoms with Crippen LogP contribution in [0.4, 0.5) is 10.5 Å². The summed E-state index contributed by atoms with van der Waals surface area (Å²) < 4.78 is 0. The summed E-state index contributed by atoms with van der Waals surface area (Å²) in [6, 6.07) is 8.83. The van der Waals surface area contributed by atoms with Crippen molar-refractivity contribution in [3.05, 3.63) is 52.2 Å². The number of urea groups is 1. The highest BCUT2D eigenvalue weighted by molar-refractivity contribution is 7.07. The molecule has 0 fully saturated rings. The molecular weight excluding hydrogens is 288 g/mol. The van der Waals surface area contributed by atoms with E-state index in [1.807, 2.05) is 22.9 Å². The molecule has 2 heterocycles. The van der Waals surface area contributed by atoms with Gasteiger partial charge < -0.3 is 10.4 Å². The van der Waals surface area contributed by atoms with Crippen molar-refractivity contribution < 1.29 is 14.7 Å². The number of nitrogens with zero attached hydrogens (tertiary/aromatic N) is 1. The first-order valence-corrected chi connectivity index (χ1v) is 7.49. The van der Waals surface area contributed by atoms with Crippen molar-refractivity contribution in [2.75, 3.05) is 11.4 Å². The molecular formula is C15H14N2O3S. The second-order valence-electron chi connectivity index (χ2n) is 4.85. The highest BCUT2D eigenvalue weighted by atomic mass is 32.1. The van der Waals surface area contributed by atoms with Gasteiger partial charge in [-0.2, -0.15) is 11.3 Å². The first kappa shape index (κ1) is 13.6. The minimum atomic E-state index is -0.907. The second kappa shape index (κ2) is 5.57. The summed E-state index contributed by atoms with van der Waals surface area (Å²) >= 11 is 1.57. The third kappa shape index (κ3) is 2.62. The van der Waals surface area contributed by atoms with Crippen molar-refractivity contribution >= 4 is 29.0 Å². The Morgan fingerprint density at radius 2 is 2.14 bits per heavy atom. The molecule has 21 heavy (non-hydrogen) atoms. The first-order valence-electron chi connectivity index (χ1n) is 6.55. The van der Waals surface area contributed by atoms with Gasteiger partial charge in [-0.05, 0) is 34.0 Å². The molecule has 1 aromatic heterocycles. The fourth-order valence-electron chi connectivity index (χ4n) is 2.48. The van der Waals surface area contributed by atoms with E-state index in [1.54, 1.807) is 29.5 Å². The summed E-state index contributed by atoms with van der Waals surface area (Å²) in [5, 5.41) is 16.0. The lowest BCUT2D eigenvalue weighted by Gasteiger charge is -2.18. The van der Waals surface area contributed by atoms with Crippen molar-refractivity contribution in [3.8, 4) is 0 Å². The van der Waals surface area contributed by atoms with E-state index < -0.39 is 11.9 Å². The monoisotopic (exact) mass is 302 g/mol. The number of rotatable bonds is 3. The smallest absolute Gasteiger partial charge is 0.322 e. The van der Waals surface area contributed by atoms with Crippen LogP contribution in [-0.2, 0) is 11.3 Å². The molecule has 5 nitrogen and oxygen atoms in total. The highest BCUT2D eigenvalue weighted by Crippen LogP contribution is 2.36. The molecule has 1 atom stereocenters. The number of hydrogen-bond acceptors (Lipinski definition) is 3. The number of carbonyl (C=O) groups is 2. The molecule has 0 spiro atoms. The van der Waals surface area contributed by atoms with Crippen LogP contribution < -0.4 is 10.2 Å². The van der Waals surface area contributed by atoms with Crippen molar-refractivity contribution in [3.63, 3.8) is 0 Å². The number of aliphatic carboxylic acids is 1. The number of para-hydroxylation sites is 1. The maximum absolute atomic E-state index is 12.3. The van der Waals surface area contributed by atoms with Crippen LogP contribution in [0.5, 0.6) is 0 Å². The number of carboxylic acid groups (broad SMARTS) is 1. The SMILES string of the molecule is O=C(O)C1CN(C(=O)NCc2ccsc2)c2ccccc21. The molecule has 1 aliphatic rings. The molecule has 0 bridgehead atoms. The number of benzene rings is 1. The van der Waals surface area contributed by atoms with Crippen molar-refractivity contribution in [1.82, 2.24) is 5.32 Å². The van der Waals surface area contributed by atoms with Gasteiger partial charge in [0.15, 0.2) is 0 Å². The van der Waals surface area contributed by atoms with Gasteiger partial charge >= 0.3 is 12.0 Å². The van der Waals surface area contributed by atoms with E-state index in [9.17, 15) is 14.7 Å². The minimum absolute atomic E-state index is 0.171. The summed E-state index contributed by atoms with van der Waals surface area (Å²) in [5.74, 6) is -1.57. The van der Waals surface area contributed by atoms with Crippen LogP contribution in [0.1, 0.15) is 17.0 Å². The van der Waals surface area contributed by atoms with Gasteiger partial charge in [-0.25, -0.2) is 4.79 Å². The summed E-state index contributed by atoms with van der Waals surface area (Å²) in [4.78, 5) is 25.1. The van der Waals surface area contributed by atoms with Crippen LogP contribution in [0.15, 0.2) is 41.1 Å². The molecule has 0 aliphatic carbocycles. The zero-order valence-electron chi connectivity index (χ0n) is 11.2. The quantitative estimate of drug-likeness (QED) is 0.915. The predicted octanol–water partition coefficient (Wildman–Crippen LogP) is 2.65. The van der Waals surface area contributed by atoms with Gasteiger partial charge in [0, 0.05) is 18.8 Å². The number of fused-ring (bicyclic) bond motifs is 1. The topological polar surface area (TPSA) is 69.6 Å². The van der Waals surface area contributed by atoms with Gasteiger partial charge in [-0.15, -0.1) is 0 Å². The van der Waals surface area contributed by atoms with Crippen LogP contribution in [-0.4, -0.2) is 23.7 Å². The van der Waals surface area contributed by atoms with Crippen molar-refractivity contribution in [1.29, 1.82) is 0 Å². The Balaban J connectivity index is 1.76. The van der Waals surface area contributed by atoms with Crippen LogP contribution >= 0.6 is 11.3 Å². The van der Waals surface area contributed by atoms with Gasteiger partial charge in [-0.1, -0.05) is 18.2 Å². The third-order valence-electron chi connectivity index (χ3n) is 3.54. The van der Waals surface area contributed by atoms with Crippen molar-refractivity contribution in [2.45, 2.75) is 12.5 Å². The van der Waals surface area contributed by atoms with E-state index in [4.69, 9.17) is 0 Å². The average molecular weight is 302 g/mol. The summed E-state index contributed by atoms with van der Waals surface area (Å²) in [6.45, 7) is 0.614. The van der Waals surface area contributed by atoms with Crippen LogP contribution in [0, 0.1) is 0 Å². The number of nitrogens with one attached hydrogen (secondary N) is 1. The molecule has 2 N–H and O–H groups in total. The Hall–Kier alpha value is -2.34. The van der Waals surface area contributed by atoms with Gasteiger partial charge in [0.05, 0.1) is 0 Å². The number of hydrogen-bond donors (Lipinski definition) is 2. The Labute approximate surface area is 125 Å². The third-order valence-corrected chi connectivity index (χ3v) is 4.27. The van der Waals surface area contributed by atoms with Crippen LogP contribution in [0.2, 0.25) is 0 Å². The Kier molecular flexibility index (Phi) is 3.62. The van der Waals surface area contributed by atoms with E-state index >= 15 is 0 Å². The lowest BCUT2D eigenvalue weighted by Crippen LogP contribution is -2.39. The Bertz CT molecular complexity index is 669. The maximum Gasteiger partial charge on any atom is 0.322 e. The summed E-state index contributed by atoms with van der Waals surface area (Å²) in [6.07, 6.45) is 0. The van der Waals surface area contributed by atoms with E-state index in [2.05, 4.69) is 5.32 Å². The fourth-order valence-corrected chi connectivity index (χ4v) is 3.15. The summed E-state index contributed by atoms with van der Waals surface area (Å²) in [5.41, 5.74) is 2.40. The molecule has 0 saturated heterocycles. The van der Waals surface area contributed by atoms with Crippen LogP contribution in [0.3, 0.4) is 0 Å². The molecule has 0 saturated carbocycles. The molecule has 2 aromatic rings. The number of amides is 2. The van der Waals surface area contributed by atoms with Gasteiger partial charge in [0.2, 0.25) is 0 Å². The Morgan fingerprint density at radius 3 is 2.86 bits per heavy atom.